The summed E-state index contributed by atoms with van der Waals surface area (Å²) in [6, 6.07) is 6.88. The first-order chi connectivity index (χ1) is 12.1. The summed E-state index contributed by atoms with van der Waals surface area (Å²) in [6.45, 7) is 8.82. The van der Waals surface area contributed by atoms with Crippen molar-refractivity contribution >= 4 is 5.96 Å². The summed E-state index contributed by atoms with van der Waals surface area (Å²) in [4.78, 5) is 6.67. The molecule has 1 heterocycles. The van der Waals surface area contributed by atoms with Crippen LogP contribution in [0, 0.1) is 5.82 Å². The first-order valence-electron chi connectivity index (χ1n) is 9.14. The standard InChI is InChI=1S/C19H31FN4O/c1-15-13-24(14-16(2)25-15)12-6-10-22-19(21-3)23-11-9-17-7-4-5-8-18(17)20/h4-5,7-8,15-16H,6,9-14H2,1-3H3,(H2,21,22,23). The van der Waals surface area contributed by atoms with E-state index < -0.39 is 0 Å². The predicted octanol–water partition coefficient (Wildman–Crippen LogP) is 2.03. The van der Waals surface area contributed by atoms with E-state index in [0.29, 0.717) is 25.2 Å². The fourth-order valence-corrected chi connectivity index (χ4v) is 3.21. The van der Waals surface area contributed by atoms with Crippen molar-refractivity contribution in [3.63, 3.8) is 0 Å². The Morgan fingerprint density at radius 2 is 1.88 bits per heavy atom. The lowest BCUT2D eigenvalue weighted by molar-refractivity contribution is -0.0679. The lowest BCUT2D eigenvalue weighted by Crippen LogP contribution is -2.46. The average molecular weight is 350 g/mol. The number of nitrogens with one attached hydrogen (secondary N) is 2. The molecule has 0 aliphatic carbocycles. The van der Waals surface area contributed by atoms with Crippen LogP contribution in [0.4, 0.5) is 4.39 Å². The van der Waals surface area contributed by atoms with Crippen LogP contribution in [0.2, 0.25) is 0 Å². The van der Waals surface area contributed by atoms with Crippen LogP contribution < -0.4 is 10.6 Å². The van der Waals surface area contributed by atoms with Gasteiger partial charge in [-0.1, -0.05) is 18.2 Å². The third-order valence-corrected chi connectivity index (χ3v) is 4.31. The normalized spacial score (nSPS) is 22.0. The van der Waals surface area contributed by atoms with Crippen molar-refractivity contribution in [1.82, 2.24) is 15.5 Å². The van der Waals surface area contributed by atoms with E-state index in [1.54, 1.807) is 13.1 Å². The molecule has 2 N–H and O–H groups in total. The second kappa shape index (κ2) is 10.4. The zero-order chi connectivity index (χ0) is 18.1. The third kappa shape index (κ3) is 7.00. The van der Waals surface area contributed by atoms with Gasteiger partial charge in [-0.3, -0.25) is 9.89 Å². The molecule has 25 heavy (non-hydrogen) atoms. The van der Waals surface area contributed by atoms with E-state index in [-0.39, 0.29) is 5.82 Å². The van der Waals surface area contributed by atoms with Crippen molar-refractivity contribution in [2.45, 2.75) is 38.9 Å². The number of ether oxygens (including phenoxy) is 1. The van der Waals surface area contributed by atoms with E-state index in [2.05, 4.69) is 34.4 Å². The minimum absolute atomic E-state index is 0.152. The highest BCUT2D eigenvalue weighted by Crippen LogP contribution is 2.10. The maximum absolute atomic E-state index is 13.6. The summed E-state index contributed by atoms with van der Waals surface area (Å²) in [6.07, 6.45) is 2.30. The van der Waals surface area contributed by atoms with Gasteiger partial charge in [-0.2, -0.15) is 0 Å². The number of guanidine groups is 1. The van der Waals surface area contributed by atoms with E-state index in [9.17, 15) is 4.39 Å². The topological polar surface area (TPSA) is 48.9 Å². The van der Waals surface area contributed by atoms with Crippen molar-refractivity contribution in [2.24, 2.45) is 4.99 Å². The Bertz CT molecular complexity index is 542. The molecule has 5 nitrogen and oxygen atoms in total. The van der Waals surface area contributed by atoms with Crippen LogP contribution in [0.15, 0.2) is 29.3 Å². The summed E-state index contributed by atoms with van der Waals surface area (Å²) < 4.78 is 19.3. The molecule has 0 aromatic heterocycles. The highest BCUT2D eigenvalue weighted by Gasteiger charge is 2.21. The monoisotopic (exact) mass is 350 g/mol. The Balaban J connectivity index is 1.61. The number of rotatable bonds is 7. The zero-order valence-corrected chi connectivity index (χ0v) is 15.6. The largest absolute Gasteiger partial charge is 0.373 e. The van der Waals surface area contributed by atoms with Crippen LogP contribution >= 0.6 is 0 Å². The molecule has 1 aromatic rings. The van der Waals surface area contributed by atoms with E-state index >= 15 is 0 Å². The molecule has 2 unspecified atom stereocenters. The Morgan fingerprint density at radius 1 is 1.20 bits per heavy atom. The van der Waals surface area contributed by atoms with E-state index in [4.69, 9.17) is 4.74 Å². The third-order valence-electron chi connectivity index (χ3n) is 4.31. The Labute approximate surface area is 150 Å². The summed E-state index contributed by atoms with van der Waals surface area (Å²) in [7, 11) is 1.75. The molecular weight excluding hydrogens is 319 g/mol. The Kier molecular flexibility index (Phi) is 8.15. The predicted molar refractivity (Wildman–Crippen MR) is 101 cm³/mol. The lowest BCUT2D eigenvalue weighted by Gasteiger charge is -2.35. The maximum Gasteiger partial charge on any atom is 0.190 e. The van der Waals surface area contributed by atoms with Gasteiger partial charge in [-0.25, -0.2) is 4.39 Å². The second-order valence-corrected chi connectivity index (χ2v) is 6.64. The van der Waals surface area contributed by atoms with Crippen LogP contribution in [0.3, 0.4) is 0 Å². The Hall–Kier alpha value is -1.66. The molecule has 1 aromatic carbocycles. The number of nitrogens with zero attached hydrogens (tertiary/aromatic N) is 2. The molecule has 140 valence electrons. The van der Waals surface area contributed by atoms with Gasteiger partial charge >= 0.3 is 0 Å². The fourth-order valence-electron chi connectivity index (χ4n) is 3.21. The van der Waals surface area contributed by atoms with Gasteiger partial charge in [0.2, 0.25) is 0 Å². The number of halogens is 1. The number of aliphatic imine (C=N–C) groups is 1. The van der Waals surface area contributed by atoms with Crippen LogP contribution in [0.25, 0.3) is 0 Å². The van der Waals surface area contributed by atoms with Crippen LogP contribution in [0.5, 0.6) is 0 Å². The summed E-state index contributed by atoms with van der Waals surface area (Å²) in [5.74, 6) is 0.612. The molecule has 1 saturated heterocycles. The SMILES string of the molecule is CN=C(NCCCN1CC(C)OC(C)C1)NCCc1ccccc1F. The smallest absolute Gasteiger partial charge is 0.190 e. The van der Waals surface area contributed by atoms with Crippen LogP contribution in [0.1, 0.15) is 25.8 Å². The molecule has 1 aliphatic heterocycles. The first-order valence-corrected chi connectivity index (χ1v) is 9.14. The fraction of sp³-hybridized carbons (Fsp3) is 0.632. The molecule has 2 atom stereocenters. The maximum atomic E-state index is 13.6. The molecule has 0 bridgehead atoms. The molecule has 0 radical (unpaired) electrons. The first kappa shape index (κ1) is 19.7. The van der Waals surface area contributed by atoms with Gasteiger partial charge in [-0.15, -0.1) is 0 Å². The van der Waals surface area contributed by atoms with E-state index in [1.807, 2.05) is 12.1 Å². The van der Waals surface area contributed by atoms with E-state index in [0.717, 1.165) is 44.1 Å². The van der Waals surface area contributed by atoms with Crippen molar-refractivity contribution in [1.29, 1.82) is 0 Å². The van der Waals surface area contributed by atoms with Crippen molar-refractivity contribution < 1.29 is 9.13 Å². The van der Waals surface area contributed by atoms with Gasteiger partial charge in [0.15, 0.2) is 5.96 Å². The number of morpholine rings is 1. The quantitative estimate of drug-likeness (QED) is 0.449. The van der Waals surface area contributed by atoms with Gasteiger partial charge < -0.3 is 15.4 Å². The summed E-state index contributed by atoms with van der Waals surface area (Å²) in [5.41, 5.74) is 0.723. The zero-order valence-electron chi connectivity index (χ0n) is 15.6. The van der Waals surface area contributed by atoms with Crippen molar-refractivity contribution in [3.8, 4) is 0 Å². The average Bonchev–Trinajstić information content (AvgIpc) is 2.57. The number of hydrogen-bond acceptors (Lipinski definition) is 3. The lowest BCUT2D eigenvalue weighted by atomic mass is 10.1. The van der Waals surface area contributed by atoms with E-state index in [1.165, 1.54) is 6.07 Å². The number of hydrogen-bond donors (Lipinski definition) is 2. The van der Waals surface area contributed by atoms with Crippen LogP contribution in [-0.2, 0) is 11.2 Å². The van der Waals surface area contributed by atoms with Crippen LogP contribution in [-0.4, -0.2) is 62.8 Å². The Morgan fingerprint density at radius 3 is 2.56 bits per heavy atom. The molecule has 6 heteroatoms. The van der Waals surface area contributed by atoms with Crippen molar-refractivity contribution in [3.05, 3.63) is 35.6 Å². The molecule has 1 aliphatic rings. The molecular formula is C19H31FN4O. The highest BCUT2D eigenvalue weighted by molar-refractivity contribution is 5.79. The van der Waals surface area contributed by atoms with Gasteiger partial charge in [0, 0.05) is 39.8 Å². The molecule has 2 rings (SSSR count). The summed E-state index contributed by atoms with van der Waals surface area (Å²) >= 11 is 0. The van der Waals surface area contributed by atoms with Gasteiger partial charge in [0.1, 0.15) is 5.82 Å². The van der Waals surface area contributed by atoms with Gasteiger partial charge in [-0.05, 0) is 38.3 Å². The molecule has 1 fully saturated rings. The highest BCUT2D eigenvalue weighted by atomic mass is 19.1. The second-order valence-electron chi connectivity index (χ2n) is 6.64. The van der Waals surface area contributed by atoms with Gasteiger partial charge in [0.25, 0.3) is 0 Å². The molecule has 0 spiro atoms. The van der Waals surface area contributed by atoms with Gasteiger partial charge in [0.05, 0.1) is 12.2 Å². The molecule has 0 saturated carbocycles. The minimum Gasteiger partial charge on any atom is -0.373 e. The summed E-state index contributed by atoms with van der Waals surface area (Å²) in [5, 5.41) is 6.56. The van der Waals surface area contributed by atoms with Crippen molar-refractivity contribution in [2.75, 3.05) is 39.8 Å². The minimum atomic E-state index is -0.152. The number of benzene rings is 1. The molecule has 0 amide bonds.